The minimum atomic E-state index is 0.203. The predicted octanol–water partition coefficient (Wildman–Crippen LogP) is 5.75. The molecule has 4 heterocycles. The van der Waals surface area contributed by atoms with E-state index in [1.54, 1.807) is 11.3 Å². The number of likely N-dealkylation sites (tertiary alicyclic amines) is 1. The zero-order valence-electron chi connectivity index (χ0n) is 18.6. The maximum Gasteiger partial charge on any atom is 0.263 e. The molecule has 7 heteroatoms. The zero-order chi connectivity index (χ0) is 22.5. The van der Waals surface area contributed by atoms with Crippen LogP contribution < -0.4 is 4.90 Å². The summed E-state index contributed by atoms with van der Waals surface area (Å²) >= 11 is 8.32. The average Bonchev–Trinajstić information content (AvgIpc) is 3.58. The highest BCUT2D eigenvalue weighted by Gasteiger charge is 2.26. The van der Waals surface area contributed by atoms with Crippen molar-refractivity contribution in [3.05, 3.63) is 68.9 Å². The first-order valence-corrected chi connectivity index (χ1v) is 12.6. The molecule has 6 rings (SSSR count). The lowest BCUT2D eigenvalue weighted by Crippen LogP contribution is -2.29. The van der Waals surface area contributed by atoms with Gasteiger partial charge in [0.05, 0.1) is 20.9 Å². The van der Waals surface area contributed by atoms with Gasteiger partial charge >= 0.3 is 0 Å². The molecule has 0 N–H and O–H groups in total. The number of aryl methyl sites for hydroxylation is 1. The van der Waals surface area contributed by atoms with E-state index in [-0.39, 0.29) is 5.91 Å². The Labute approximate surface area is 202 Å². The molecule has 0 atom stereocenters. The Hall–Kier alpha value is -2.83. The van der Waals surface area contributed by atoms with Gasteiger partial charge in [-0.2, -0.15) is 0 Å². The van der Waals surface area contributed by atoms with Gasteiger partial charge in [-0.1, -0.05) is 23.7 Å². The van der Waals surface area contributed by atoms with Crippen LogP contribution in [0.3, 0.4) is 0 Å². The van der Waals surface area contributed by atoms with Crippen LogP contribution in [0.5, 0.6) is 0 Å². The summed E-state index contributed by atoms with van der Waals surface area (Å²) in [5, 5.41) is 0.698. The number of carbonyl (C=O) groups excluding carboxylic acids is 1. The van der Waals surface area contributed by atoms with Crippen molar-refractivity contribution in [1.29, 1.82) is 0 Å². The maximum atomic E-state index is 12.9. The van der Waals surface area contributed by atoms with Gasteiger partial charge in [0.1, 0.15) is 5.82 Å². The molecule has 0 unspecified atom stereocenters. The van der Waals surface area contributed by atoms with Crippen LogP contribution in [-0.2, 0) is 20.0 Å². The van der Waals surface area contributed by atoms with Crippen LogP contribution in [0.25, 0.3) is 22.4 Å². The first-order chi connectivity index (χ1) is 16.1. The van der Waals surface area contributed by atoms with Crippen LogP contribution in [0.15, 0.2) is 48.5 Å². The standard InChI is InChI=1S/C26H25ClN4OS/c1-29-22-7-3-2-6-21(22)28-25(29)19-15-18(8-9-20(19)27)31-13-10-23-17(16-31)14-24(33-23)26(32)30-11-4-5-12-30/h2-3,6-9,14-15H,4-5,10-13,16H2,1H3. The Morgan fingerprint density at radius 3 is 2.70 bits per heavy atom. The molecule has 2 aliphatic heterocycles. The van der Waals surface area contributed by atoms with Crippen molar-refractivity contribution in [3.8, 4) is 11.4 Å². The van der Waals surface area contributed by atoms with Crippen molar-refractivity contribution in [2.45, 2.75) is 25.8 Å². The summed E-state index contributed by atoms with van der Waals surface area (Å²) in [5.41, 5.74) is 5.39. The van der Waals surface area contributed by atoms with Crippen LogP contribution in [0, 0.1) is 0 Å². The Bertz CT molecular complexity index is 1370. The number of hydrogen-bond donors (Lipinski definition) is 0. The van der Waals surface area contributed by atoms with E-state index in [0.29, 0.717) is 5.02 Å². The van der Waals surface area contributed by atoms with Crippen molar-refractivity contribution < 1.29 is 4.79 Å². The van der Waals surface area contributed by atoms with E-state index in [2.05, 4.69) is 33.7 Å². The summed E-state index contributed by atoms with van der Waals surface area (Å²) in [7, 11) is 2.03. The summed E-state index contributed by atoms with van der Waals surface area (Å²) in [6.07, 6.45) is 3.20. The number of benzene rings is 2. The number of rotatable bonds is 3. The van der Waals surface area contributed by atoms with Gasteiger partial charge in [0, 0.05) is 49.4 Å². The van der Waals surface area contributed by atoms with Gasteiger partial charge < -0.3 is 14.4 Å². The molecule has 33 heavy (non-hydrogen) atoms. The molecule has 0 saturated carbocycles. The normalized spacial score (nSPS) is 15.9. The summed E-state index contributed by atoms with van der Waals surface area (Å²) in [5.74, 6) is 1.07. The molecule has 2 aliphatic rings. The molecule has 0 aliphatic carbocycles. The number of halogens is 1. The van der Waals surface area contributed by atoms with Crippen LogP contribution in [0.2, 0.25) is 5.02 Å². The van der Waals surface area contributed by atoms with Crippen LogP contribution in [-0.4, -0.2) is 40.0 Å². The van der Waals surface area contributed by atoms with E-state index in [1.165, 1.54) is 10.4 Å². The molecule has 5 nitrogen and oxygen atoms in total. The van der Waals surface area contributed by atoms with Crippen molar-refractivity contribution >= 4 is 45.6 Å². The topological polar surface area (TPSA) is 41.4 Å². The fourth-order valence-electron chi connectivity index (χ4n) is 5.00. The number of imidazole rings is 1. The van der Waals surface area contributed by atoms with Gasteiger partial charge in [-0.3, -0.25) is 4.79 Å². The molecule has 1 amide bonds. The Morgan fingerprint density at radius 2 is 1.88 bits per heavy atom. The molecular weight excluding hydrogens is 452 g/mol. The molecule has 0 spiro atoms. The number of amides is 1. The summed E-state index contributed by atoms with van der Waals surface area (Å²) < 4.78 is 2.10. The molecular formula is C26H25ClN4OS. The smallest absolute Gasteiger partial charge is 0.263 e. The van der Waals surface area contributed by atoms with Gasteiger partial charge in [0.15, 0.2) is 0 Å². The summed E-state index contributed by atoms with van der Waals surface area (Å²) in [6.45, 7) is 3.52. The number of para-hydroxylation sites is 2. The second kappa shape index (κ2) is 8.19. The molecule has 0 radical (unpaired) electrons. The lowest BCUT2D eigenvalue weighted by molar-refractivity contribution is 0.0797. The molecule has 0 bridgehead atoms. The second-order valence-corrected chi connectivity index (χ2v) is 10.4. The van der Waals surface area contributed by atoms with E-state index >= 15 is 0 Å². The maximum absolute atomic E-state index is 12.9. The van der Waals surface area contributed by atoms with E-state index in [1.807, 2.05) is 36.2 Å². The molecule has 1 saturated heterocycles. The number of carbonyl (C=O) groups is 1. The monoisotopic (exact) mass is 476 g/mol. The minimum Gasteiger partial charge on any atom is -0.367 e. The lowest BCUT2D eigenvalue weighted by atomic mass is 10.1. The second-order valence-electron chi connectivity index (χ2n) is 8.88. The number of nitrogens with zero attached hydrogens (tertiary/aromatic N) is 4. The Kier molecular flexibility index (Phi) is 5.15. The van der Waals surface area contributed by atoms with Gasteiger partial charge in [0.25, 0.3) is 5.91 Å². The van der Waals surface area contributed by atoms with E-state index in [4.69, 9.17) is 16.6 Å². The first kappa shape index (κ1) is 20.8. The van der Waals surface area contributed by atoms with Crippen LogP contribution >= 0.6 is 22.9 Å². The first-order valence-electron chi connectivity index (χ1n) is 11.5. The number of thiophene rings is 1. The van der Waals surface area contributed by atoms with E-state index < -0.39 is 0 Å². The minimum absolute atomic E-state index is 0.203. The number of anilines is 1. The molecule has 168 valence electrons. The number of aromatic nitrogens is 2. The van der Waals surface area contributed by atoms with Gasteiger partial charge in [-0.25, -0.2) is 4.98 Å². The molecule has 2 aromatic heterocycles. The van der Waals surface area contributed by atoms with Crippen molar-refractivity contribution in [2.75, 3.05) is 24.5 Å². The SMILES string of the molecule is Cn1c(-c2cc(N3CCc4sc(C(=O)N5CCCC5)cc4C3)ccc2Cl)nc2ccccc21. The van der Waals surface area contributed by atoms with E-state index in [9.17, 15) is 4.79 Å². The van der Waals surface area contributed by atoms with Crippen molar-refractivity contribution in [3.63, 3.8) is 0 Å². The number of fused-ring (bicyclic) bond motifs is 2. The quantitative estimate of drug-likeness (QED) is 0.378. The largest absolute Gasteiger partial charge is 0.367 e. The Balaban J connectivity index is 1.30. The summed E-state index contributed by atoms with van der Waals surface area (Å²) in [4.78, 5) is 24.3. The highest BCUT2D eigenvalue weighted by atomic mass is 35.5. The fraction of sp³-hybridized carbons (Fsp3) is 0.308. The highest BCUT2D eigenvalue weighted by Crippen LogP contribution is 2.36. The average molecular weight is 477 g/mol. The van der Waals surface area contributed by atoms with Crippen molar-refractivity contribution in [1.82, 2.24) is 14.5 Å². The van der Waals surface area contributed by atoms with Crippen LogP contribution in [0.4, 0.5) is 5.69 Å². The van der Waals surface area contributed by atoms with Gasteiger partial charge in [-0.05, 0) is 61.2 Å². The Morgan fingerprint density at radius 1 is 1.06 bits per heavy atom. The highest BCUT2D eigenvalue weighted by molar-refractivity contribution is 7.14. The van der Waals surface area contributed by atoms with Crippen LogP contribution in [0.1, 0.15) is 33.0 Å². The molecule has 2 aromatic carbocycles. The van der Waals surface area contributed by atoms with E-state index in [0.717, 1.165) is 78.4 Å². The van der Waals surface area contributed by atoms with Crippen molar-refractivity contribution in [2.24, 2.45) is 7.05 Å². The fourth-order valence-corrected chi connectivity index (χ4v) is 6.34. The molecule has 4 aromatic rings. The third kappa shape index (κ3) is 3.62. The predicted molar refractivity (Wildman–Crippen MR) is 135 cm³/mol. The zero-order valence-corrected chi connectivity index (χ0v) is 20.1. The van der Waals surface area contributed by atoms with Gasteiger partial charge in [0.2, 0.25) is 0 Å². The summed E-state index contributed by atoms with van der Waals surface area (Å²) in [6, 6.07) is 16.5. The lowest BCUT2D eigenvalue weighted by Gasteiger charge is -2.29. The third-order valence-corrected chi connectivity index (χ3v) is 8.37. The number of hydrogen-bond acceptors (Lipinski definition) is 4. The molecule has 1 fully saturated rings. The third-order valence-electron chi connectivity index (χ3n) is 6.81. The van der Waals surface area contributed by atoms with Gasteiger partial charge in [-0.15, -0.1) is 11.3 Å².